The number of ketones is 1. The van der Waals surface area contributed by atoms with Crippen LogP contribution in [0.3, 0.4) is 0 Å². The van der Waals surface area contributed by atoms with Gasteiger partial charge in [-0.2, -0.15) is 0 Å². The van der Waals surface area contributed by atoms with Crippen LogP contribution in [0.25, 0.3) is 0 Å². The first-order valence-corrected chi connectivity index (χ1v) is 20.0. The summed E-state index contributed by atoms with van der Waals surface area (Å²) < 4.78 is 49.5. The highest BCUT2D eigenvalue weighted by atomic mass is 16.7. The van der Waals surface area contributed by atoms with Crippen molar-refractivity contribution in [1.82, 2.24) is 4.90 Å². The van der Waals surface area contributed by atoms with Crippen LogP contribution >= 0.6 is 0 Å². The highest BCUT2D eigenvalue weighted by Gasteiger charge is 2.52. The number of rotatable bonds is 9. The van der Waals surface area contributed by atoms with Gasteiger partial charge in [0.25, 0.3) is 0 Å². The lowest BCUT2D eigenvalue weighted by Crippen LogP contribution is -2.59. The van der Waals surface area contributed by atoms with Crippen molar-refractivity contribution in [1.29, 1.82) is 0 Å². The van der Waals surface area contributed by atoms with Gasteiger partial charge in [0, 0.05) is 39.2 Å². The number of methoxy groups -OCH3 is 3. The quantitative estimate of drug-likeness (QED) is 0.222. The molecule has 294 valence electrons. The third-order valence-corrected chi connectivity index (χ3v) is 13.3. The van der Waals surface area contributed by atoms with Crippen LogP contribution in [0, 0.1) is 35.5 Å². The maximum atomic E-state index is 14.7. The molecule has 3 aliphatic carbocycles. The fraction of sp³-hybridized carbons (Fsp3) is 0.854. The van der Waals surface area contributed by atoms with E-state index in [4.69, 9.17) is 37.9 Å². The molecule has 0 amide bonds. The topological polar surface area (TPSA) is 111 Å². The van der Waals surface area contributed by atoms with Gasteiger partial charge in [0.2, 0.25) is 0 Å². The van der Waals surface area contributed by atoms with Crippen molar-refractivity contribution in [3.63, 3.8) is 0 Å². The van der Waals surface area contributed by atoms with Crippen molar-refractivity contribution in [2.75, 3.05) is 35.4 Å². The molecule has 6 rings (SSSR count). The minimum absolute atomic E-state index is 0.0380. The van der Waals surface area contributed by atoms with Crippen molar-refractivity contribution in [2.24, 2.45) is 35.5 Å². The van der Waals surface area contributed by atoms with E-state index in [9.17, 15) is 9.59 Å². The maximum absolute atomic E-state index is 14.7. The van der Waals surface area contributed by atoms with Gasteiger partial charge in [-0.15, -0.1) is 0 Å². The van der Waals surface area contributed by atoms with E-state index in [-0.39, 0.29) is 96.8 Å². The van der Waals surface area contributed by atoms with Gasteiger partial charge in [-0.25, -0.2) is 0 Å². The normalized spacial score (nSPS) is 45.7. The Labute approximate surface area is 311 Å². The Morgan fingerprint density at radius 1 is 0.827 bits per heavy atom. The zero-order chi connectivity index (χ0) is 37.3. The van der Waals surface area contributed by atoms with Crippen molar-refractivity contribution < 1.29 is 47.5 Å². The van der Waals surface area contributed by atoms with Crippen molar-refractivity contribution in [3.8, 4) is 0 Å². The molecule has 17 atom stereocenters. The van der Waals surface area contributed by atoms with E-state index < -0.39 is 12.4 Å². The maximum Gasteiger partial charge on any atom is 0.306 e. The standard InChI is InChI=1S/C41H65NO10/c1-10-26-12-11-13-34(52-36-17-16-33(42(5)6)23(3)48-36)22(2)37(44)32-20-30-28(31(32)21-35(43)50-26)15-14-25-18-27(19-29(25)30)51-41-40(47-9)39(46-8)38(45-7)24(4)49-41/h14-15,20,22-31,33-34,36,38-41H,10-13,16-19,21H2,1-9H3/t22-,23+,24+,25-,26+,27-,28-,29-,30-,31+,33+,34-,36+,38+,39-,40-,41+/m1/s1. The number of cyclic esters (lactones) is 1. The summed E-state index contributed by atoms with van der Waals surface area (Å²) in [5, 5.41) is 0. The summed E-state index contributed by atoms with van der Waals surface area (Å²) in [5.41, 5.74) is 0.763. The fourth-order valence-electron chi connectivity index (χ4n) is 10.4. The van der Waals surface area contributed by atoms with Gasteiger partial charge < -0.3 is 42.8 Å². The summed E-state index contributed by atoms with van der Waals surface area (Å²) in [6.45, 7) is 8.17. The van der Waals surface area contributed by atoms with E-state index >= 15 is 0 Å². The van der Waals surface area contributed by atoms with Gasteiger partial charge in [0.05, 0.1) is 30.8 Å². The molecule has 0 bridgehead atoms. The zero-order valence-corrected chi connectivity index (χ0v) is 32.9. The number of ether oxygens (including phenoxy) is 8. The summed E-state index contributed by atoms with van der Waals surface area (Å²) in [6.07, 6.45) is 10.8. The molecule has 0 radical (unpaired) electrons. The Bertz CT molecular complexity index is 1290. The van der Waals surface area contributed by atoms with Crippen LogP contribution in [0.1, 0.15) is 85.5 Å². The third kappa shape index (κ3) is 8.27. The van der Waals surface area contributed by atoms with Crippen LogP contribution in [0.4, 0.5) is 0 Å². The van der Waals surface area contributed by atoms with E-state index in [1.54, 1.807) is 21.3 Å². The number of esters is 1. The van der Waals surface area contributed by atoms with Crippen molar-refractivity contribution in [3.05, 3.63) is 23.8 Å². The molecule has 0 aromatic heterocycles. The number of carbonyl (C=O) groups is 2. The van der Waals surface area contributed by atoms with E-state index in [0.29, 0.717) is 18.4 Å². The van der Waals surface area contributed by atoms with Gasteiger partial charge >= 0.3 is 5.97 Å². The SMILES string of the molecule is CC[C@H]1CCC[C@@H](O[C@H]2CC[C@H](N(C)C)[C@H](C)O2)[C@@H](C)C(=O)C2=C[C@@H]3[C@@H](C=C[C@@H]4C[C@@H](O[C@@H]5O[C@@H](C)[C@H](OC)[C@@H](OC)[C@H]5OC)C[C@@H]34)[C@@H]2CC(=O)O1. The number of nitrogens with zero attached hydrogens (tertiary/aromatic N) is 1. The van der Waals surface area contributed by atoms with Crippen LogP contribution in [0.15, 0.2) is 23.8 Å². The van der Waals surface area contributed by atoms with E-state index in [1.807, 2.05) is 13.8 Å². The second kappa shape index (κ2) is 17.4. The second-order valence-electron chi connectivity index (χ2n) is 16.5. The largest absolute Gasteiger partial charge is 0.462 e. The van der Waals surface area contributed by atoms with Crippen molar-refractivity contribution >= 4 is 11.8 Å². The van der Waals surface area contributed by atoms with Crippen LogP contribution in [-0.4, -0.2) is 120 Å². The van der Waals surface area contributed by atoms with E-state index in [2.05, 4.69) is 51.1 Å². The van der Waals surface area contributed by atoms with Gasteiger partial charge in [-0.05, 0) is 109 Å². The average Bonchev–Trinajstić information content (AvgIpc) is 3.70. The zero-order valence-electron chi connectivity index (χ0n) is 32.9. The summed E-state index contributed by atoms with van der Waals surface area (Å²) in [6, 6.07) is 0.339. The first kappa shape index (κ1) is 40.0. The van der Waals surface area contributed by atoms with Crippen molar-refractivity contribution in [2.45, 2.75) is 153 Å². The number of fused-ring (bicyclic) bond motifs is 5. The second-order valence-corrected chi connectivity index (χ2v) is 16.5. The molecular formula is C41H65NO10. The summed E-state index contributed by atoms with van der Waals surface area (Å²) in [5.74, 6) is 0.0198. The van der Waals surface area contributed by atoms with Crippen LogP contribution in [0.2, 0.25) is 0 Å². The molecule has 3 aliphatic heterocycles. The molecule has 3 saturated heterocycles. The molecule has 0 N–H and O–H groups in total. The van der Waals surface area contributed by atoms with E-state index in [1.165, 1.54) is 0 Å². The number of hydrogen-bond acceptors (Lipinski definition) is 11. The number of hydrogen-bond donors (Lipinski definition) is 0. The van der Waals surface area contributed by atoms with Crippen LogP contribution < -0.4 is 0 Å². The lowest BCUT2D eigenvalue weighted by molar-refractivity contribution is -0.314. The Hall–Kier alpha value is -1.70. The Balaban J connectivity index is 1.20. The summed E-state index contributed by atoms with van der Waals surface area (Å²) >= 11 is 0. The van der Waals surface area contributed by atoms with Crippen LogP contribution in [-0.2, 0) is 47.5 Å². The smallest absolute Gasteiger partial charge is 0.306 e. The molecule has 0 unspecified atom stereocenters. The van der Waals surface area contributed by atoms with Gasteiger partial charge in [0.15, 0.2) is 18.4 Å². The number of allylic oxidation sites excluding steroid dienone is 4. The molecule has 6 aliphatic rings. The Kier molecular flexibility index (Phi) is 13.4. The lowest BCUT2D eigenvalue weighted by Gasteiger charge is -2.44. The van der Waals surface area contributed by atoms with Gasteiger partial charge in [-0.3, -0.25) is 9.59 Å². The Morgan fingerprint density at radius 3 is 2.25 bits per heavy atom. The monoisotopic (exact) mass is 731 g/mol. The highest BCUT2D eigenvalue weighted by Crippen LogP contribution is 2.54. The number of Topliss-reactive ketones (excluding diaryl/α,β-unsaturated/α-hetero) is 1. The third-order valence-electron chi connectivity index (χ3n) is 13.3. The first-order chi connectivity index (χ1) is 25.0. The number of carbonyl (C=O) groups excluding carboxylic acids is 2. The molecule has 0 spiro atoms. The van der Waals surface area contributed by atoms with E-state index in [0.717, 1.165) is 50.5 Å². The minimum atomic E-state index is -0.594. The summed E-state index contributed by atoms with van der Waals surface area (Å²) in [7, 11) is 9.15. The molecule has 52 heavy (non-hydrogen) atoms. The predicted octanol–water partition coefficient (Wildman–Crippen LogP) is 5.49. The molecule has 4 fully saturated rings. The predicted molar refractivity (Wildman–Crippen MR) is 194 cm³/mol. The Morgan fingerprint density at radius 2 is 1.58 bits per heavy atom. The lowest BCUT2D eigenvalue weighted by atomic mass is 9.70. The molecule has 11 heteroatoms. The molecular weight excluding hydrogens is 666 g/mol. The first-order valence-electron chi connectivity index (χ1n) is 20.0. The fourth-order valence-corrected chi connectivity index (χ4v) is 10.4. The average molecular weight is 732 g/mol. The van der Waals surface area contributed by atoms with Gasteiger partial charge in [-0.1, -0.05) is 32.1 Å². The molecule has 1 saturated carbocycles. The molecule has 0 aromatic carbocycles. The molecule has 11 nitrogen and oxygen atoms in total. The molecule has 3 heterocycles. The highest BCUT2D eigenvalue weighted by molar-refractivity contribution is 5.99. The number of likely N-dealkylation sites (N-methyl/N-ethyl adjacent to an activating group) is 1. The minimum Gasteiger partial charge on any atom is -0.462 e. The van der Waals surface area contributed by atoms with Crippen LogP contribution in [0.5, 0.6) is 0 Å². The van der Waals surface area contributed by atoms with Gasteiger partial charge in [0.1, 0.15) is 24.4 Å². The summed E-state index contributed by atoms with van der Waals surface area (Å²) in [4.78, 5) is 30.4. The molecule has 0 aromatic rings.